The van der Waals surface area contributed by atoms with E-state index in [0.29, 0.717) is 31.2 Å². The van der Waals surface area contributed by atoms with Gasteiger partial charge in [0, 0.05) is 43.1 Å². The molecule has 12 nitrogen and oxygen atoms in total. The van der Waals surface area contributed by atoms with E-state index in [0.717, 1.165) is 59.0 Å². The minimum Gasteiger partial charge on any atom is -0.444 e. The van der Waals surface area contributed by atoms with Gasteiger partial charge in [0.15, 0.2) is 12.5 Å². The molecule has 2 amide bonds. The maximum atomic E-state index is 13.8. The number of nitrogens with zero attached hydrogens (tertiary/aromatic N) is 4. The molecule has 0 bridgehead atoms. The first-order chi connectivity index (χ1) is 24.4. The molecule has 6 rings (SSSR count). The summed E-state index contributed by atoms with van der Waals surface area (Å²) in [6, 6.07) is 21.2. The third-order valence-corrected chi connectivity index (χ3v) is 9.59. The van der Waals surface area contributed by atoms with Gasteiger partial charge in [0.05, 0.1) is 11.0 Å². The standard InChI is InChI=1S/C39H45N7O5/c1-39(2,3)51-38(50)40-22-25-7-11-27(12-8-25)34(47)21-30(36(48)43-31-16-13-28(14-17-31)35-41-23-42-45-35)19-24-5-9-26(10-6-24)29-15-18-32-33(20-29)46(4)37(49)44-32/h5-6,9-10,13-18,20,25,27,30H,7-8,11-12,19,21-23H2,1-4H3,(H,40,50)(H,43,48)(H,44,49)/t25?,27?,30-/m1/s1. The molecule has 51 heavy (non-hydrogen) atoms. The first-order valence-corrected chi connectivity index (χ1v) is 17.5. The lowest BCUT2D eigenvalue weighted by molar-refractivity contribution is -0.129. The Hall–Kier alpha value is -5.39. The Kier molecular flexibility index (Phi) is 10.6. The summed E-state index contributed by atoms with van der Waals surface area (Å²) >= 11 is 0. The Morgan fingerprint density at radius 1 is 0.941 bits per heavy atom. The zero-order chi connectivity index (χ0) is 36.1. The number of H-pyrrole nitrogens is 1. The fourth-order valence-electron chi connectivity index (χ4n) is 6.74. The molecule has 1 fully saturated rings. The van der Waals surface area contributed by atoms with Crippen molar-refractivity contribution >= 4 is 40.3 Å². The Labute approximate surface area is 296 Å². The second-order valence-electron chi connectivity index (χ2n) is 14.5. The zero-order valence-electron chi connectivity index (χ0n) is 29.6. The predicted octanol–water partition coefficient (Wildman–Crippen LogP) is 6.79. The normalized spacial score (nSPS) is 17.9. The molecule has 1 atom stereocenters. The number of amides is 2. The maximum absolute atomic E-state index is 13.8. The quantitative estimate of drug-likeness (QED) is 0.158. The molecule has 12 heteroatoms. The number of aromatic nitrogens is 2. The number of imidazole rings is 1. The van der Waals surface area contributed by atoms with Crippen molar-refractivity contribution in [2.75, 3.05) is 18.5 Å². The van der Waals surface area contributed by atoms with E-state index in [1.54, 1.807) is 23.7 Å². The van der Waals surface area contributed by atoms with Crippen molar-refractivity contribution in [3.05, 3.63) is 88.3 Å². The van der Waals surface area contributed by atoms with Gasteiger partial charge in [0.2, 0.25) is 5.91 Å². The number of Topliss-reactive ketones (excluding diaryl/α,β-unsaturated/α-hetero) is 1. The van der Waals surface area contributed by atoms with Crippen LogP contribution in [0.15, 0.2) is 86.7 Å². The summed E-state index contributed by atoms with van der Waals surface area (Å²) in [6.07, 6.45) is 3.20. The molecule has 2 aliphatic rings. The van der Waals surface area contributed by atoms with Gasteiger partial charge in [-0.05, 0) is 112 Å². The lowest BCUT2D eigenvalue weighted by atomic mass is 9.77. The van der Waals surface area contributed by atoms with Crippen LogP contribution >= 0.6 is 0 Å². The number of azo groups is 1. The van der Waals surface area contributed by atoms with Crippen LogP contribution < -0.4 is 16.3 Å². The van der Waals surface area contributed by atoms with Gasteiger partial charge in [0.25, 0.3) is 0 Å². The van der Waals surface area contributed by atoms with E-state index < -0.39 is 17.6 Å². The molecule has 4 aromatic rings. The molecule has 3 aromatic carbocycles. The maximum Gasteiger partial charge on any atom is 0.407 e. The second-order valence-corrected chi connectivity index (χ2v) is 14.5. The molecule has 266 valence electrons. The zero-order valence-corrected chi connectivity index (χ0v) is 29.6. The van der Waals surface area contributed by atoms with Crippen LogP contribution in [0.3, 0.4) is 0 Å². The number of hydrogen-bond donors (Lipinski definition) is 3. The van der Waals surface area contributed by atoms with E-state index in [1.165, 1.54) is 0 Å². The molecule has 0 spiro atoms. The molecule has 1 aliphatic heterocycles. The third kappa shape index (κ3) is 9.05. The van der Waals surface area contributed by atoms with E-state index in [4.69, 9.17) is 4.74 Å². The Morgan fingerprint density at radius 2 is 1.63 bits per heavy atom. The van der Waals surface area contributed by atoms with E-state index >= 15 is 0 Å². The molecule has 0 radical (unpaired) electrons. The first-order valence-electron chi connectivity index (χ1n) is 17.5. The second kappa shape index (κ2) is 15.2. The number of fused-ring (bicyclic) bond motifs is 1. The fraction of sp³-hybridized carbons (Fsp3) is 0.410. The number of hydrogen-bond acceptors (Lipinski definition) is 8. The van der Waals surface area contributed by atoms with E-state index in [9.17, 15) is 19.2 Å². The summed E-state index contributed by atoms with van der Waals surface area (Å²) in [5.41, 5.74) is 5.21. The summed E-state index contributed by atoms with van der Waals surface area (Å²) in [7, 11) is 1.74. The van der Waals surface area contributed by atoms with Gasteiger partial charge in [-0.15, -0.1) is 5.11 Å². The molecule has 3 N–H and O–H groups in total. The van der Waals surface area contributed by atoms with E-state index in [2.05, 4.69) is 30.8 Å². The largest absolute Gasteiger partial charge is 0.444 e. The summed E-state index contributed by atoms with van der Waals surface area (Å²) in [4.78, 5) is 58.8. The first kappa shape index (κ1) is 35.4. The van der Waals surface area contributed by atoms with E-state index in [1.807, 2.05) is 75.4 Å². The van der Waals surface area contributed by atoms with Crippen LogP contribution in [0.5, 0.6) is 0 Å². The van der Waals surface area contributed by atoms with Crippen molar-refractivity contribution in [1.29, 1.82) is 0 Å². The molecule has 2 heterocycles. The van der Waals surface area contributed by atoms with Crippen molar-refractivity contribution in [2.24, 2.45) is 40.0 Å². The smallest absolute Gasteiger partial charge is 0.407 e. The number of aliphatic imine (C=N–C) groups is 1. The van der Waals surface area contributed by atoms with Crippen molar-refractivity contribution < 1.29 is 19.1 Å². The SMILES string of the molecule is Cn1c(=O)[nH]c2ccc(-c3ccc(C[C@H](CC(=O)C4CCC(CNC(=O)OC(C)(C)C)CC4)C(=O)Nc4ccc(C5=NCN=N5)cc4)cc3)cc21. The third-order valence-electron chi connectivity index (χ3n) is 9.59. The van der Waals surface area contributed by atoms with Crippen LogP contribution in [0.1, 0.15) is 64.0 Å². The number of nitrogens with one attached hydrogen (secondary N) is 3. The summed E-state index contributed by atoms with van der Waals surface area (Å²) < 4.78 is 6.94. The summed E-state index contributed by atoms with van der Waals surface area (Å²) in [6.45, 7) is 6.33. The lowest BCUT2D eigenvalue weighted by Crippen LogP contribution is -2.37. The minimum absolute atomic E-state index is 0.0932. The van der Waals surface area contributed by atoms with Gasteiger partial charge < -0.3 is 20.4 Å². The van der Waals surface area contributed by atoms with Crippen LogP contribution in [-0.4, -0.2) is 52.0 Å². The number of aromatic amines is 1. The number of anilines is 1. The van der Waals surface area contributed by atoms with Crippen molar-refractivity contribution in [3.63, 3.8) is 0 Å². The number of ketones is 1. The number of carbonyl (C=O) groups excluding carboxylic acids is 3. The number of ether oxygens (including phenoxy) is 1. The molecule has 1 saturated carbocycles. The van der Waals surface area contributed by atoms with Crippen LogP contribution in [0.25, 0.3) is 22.2 Å². The Morgan fingerprint density at radius 3 is 2.29 bits per heavy atom. The fourth-order valence-corrected chi connectivity index (χ4v) is 6.74. The van der Waals surface area contributed by atoms with Crippen LogP contribution in [-0.2, 0) is 27.8 Å². The van der Waals surface area contributed by atoms with Gasteiger partial charge in [0.1, 0.15) is 11.4 Å². The highest BCUT2D eigenvalue weighted by Gasteiger charge is 2.31. The molecular formula is C39H45N7O5. The van der Waals surface area contributed by atoms with Gasteiger partial charge in [-0.25, -0.2) is 14.6 Å². The van der Waals surface area contributed by atoms with Crippen LogP contribution in [0.2, 0.25) is 0 Å². The van der Waals surface area contributed by atoms with Crippen molar-refractivity contribution in [2.45, 2.75) is 64.9 Å². The number of aryl methyl sites for hydroxylation is 1. The van der Waals surface area contributed by atoms with Gasteiger partial charge in [-0.3, -0.25) is 14.2 Å². The number of carbonyl (C=O) groups is 3. The minimum atomic E-state index is -0.576. The Bertz CT molecular complexity index is 2010. The Balaban J connectivity index is 1.12. The molecule has 0 saturated heterocycles. The average Bonchev–Trinajstić information content (AvgIpc) is 3.75. The highest BCUT2D eigenvalue weighted by molar-refractivity contribution is 6.01. The average molecular weight is 692 g/mol. The van der Waals surface area contributed by atoms with Crippen molar-refractivity contribution in [1.82, 2.24) is 14.9 Å². The molecule has 1 aliphatic carbocycles. The molecule has 0 unspecified atom stereocenters. The van der Waals surface area contributed by atoms with Gasteiger partial charge in [-0.1, -0.05) is 30.3 Å². The highest BCUT2D eigenvalue weighted by Crippen LogP contribution is 2.32. The number of benzene rings is 3. The van der Waals surface area contributed by atoms with Crippen LogP contribution in [0.4, 0.5) is 10.5 Å². The topological polar surface area (TPSA) is 159 Å². The predicted molar refractivity (Wildman–Crippen MR) is 197 cm³/mol. The molecule has 1 aromatic heterocycles. The van der Waals surface area contributed by atoms with E-state index in [-0.39, 0.29) is 35.6 Å². The van der Waals surface area contributed by atoms with Gasteiger partial charge in [-0.2, -0.15) is 5.11 Å². The summed E-state index contributed by atoms with van der Waals surface area (Å²) in [5, 5.41) is 13.8. The molecular weight excluding hydrogens is 646 g/mol. The monoisotopic (exact) mass is 691 g/mol. The van der Waals surface area contributed by atoms with Crippen LogP contribution in [0, 0.1) is 17.8 Å². The summed E-state index contributed by atoms with van der Waals surface area (Å²) in [5.74, 6) is 0.0189. The highest BCUT2D eigenvalue weighted by atomic mass is 16.6. The number of alkyl carbamates (subject to hydrolysis) is 1. The number of amidine groups is 1. The number of rotatable bonds is 11. The van der Waals surface area contributed by atoms with Gasteiger partial charge >= 0.3 is 11.8 Å². The van der Waals surface area contributed by atoms with Crippen molar-refractivity contribution in [3.8, 4) is 11.1 Å². The lowest BCUT2D eigenvalue weighted by Gasteiger charge is -2.29.